The largest absolute Gasteiger partial charge is 0.301 e. The number of nitrogens with zero attached hydrogens (tertiary/aromatic N) is 2. The summed E-state index contributed by atoms with van der Waals surface area (Å²) in [5.41, 5.74) is 1.58. The number of nitrogens with one attached hydrogen (secondary N) is 2. The van der Waals surface area contributed by atoms with Crippen molar-refractivity contribution in [1.29, 1.82) is 0 Å². The van der Waals surface area contributed by atoms with Gasteiger partial charge in [0, 0.05) is 23.2 Å². The topological polar surface area (TPSA) is 87.7 Å². The maximum atomic E-state index is 12.3. The number of H-pyrrole nitrogens is 1. The molecule has 6 nitrogen and oxygen atoms in total. The number of aromatic nitrogens is 3. The maximum absolute atomic E-state index is 12.3. The van der Waals surface area contributed by atoms with Gasteiger partial charge in [0.15, 0.2) is 10.3 Å². The molecule has 2 N–H and O–H groups in total. The SMILES string of the molecule is CC(Sc1nccc(=O)[nH]1)C(=O)Nc1nc(-c2ccccc2)cs1. The molecule has 1 unspecified atom stereocenters. The minimum absolute atomic E-state index is 0.194. The second-order valence-corrected chi connectivity index (χ2v) is 7.08. The summed E-state index contributed by atoms with van der Waals surface area (Å²) >= 11 is 2.56. The van der Waals surface area contributed by atoms with E-state index in [2.05, 4.69) is 20.3 Å². The number of aromatic amines is 1. The molecule has 122 valence electrons. The standard InChI is InChI=1S/C16H14N4O2S2/c1-10(24-15-17-8-7-13(21)19-15)14(22)20-16-18-12(9-23-16)11-5-3-2-4-6-11/h2-10H,1H3,(H,17,19,21)(H,18,20,22). The smallest absolute Gasteiger partial charge is 0.251 e. The van der Waals surface area contributed by atoms with E-state index in [0.717, 1.165) is 11.3 Å². The number of hydrogen-bond acceptors (Lipinski definition) is 6. The zero-order valence-corrected chi connectivity index (χ0v) is 14.4. The second-order valence-electron chi connectivity index (χ2n) is 4.89. The highest BCUT2D eigenvalue weighted by Gasteiger charge is 2.17. The lowest BCUT2D eigenvalue weighted by Crippen LogP contribution is -2.23. The first-order valence-electron chi connectivity index (χ1n) is 7.15. The van der Waals surface area contributed by atoms with Crippen molar-refractivity contribution >= 4 is 34.1 Å². The van der Waals surface area contributed by atoms with E-state index < -0.39 is 5.25 Å². The Kier molecular flexibility index (Phi) is 5.07. The van der Waals surface area contributed by atoms with Crippen molar-refractivity contribution in [2.24, 2.45) is 0 Å². The van der Waals surface area contributed by atoms with Crippen LogP contribution in [0.5, 0.6) is 0 Å². The van der Waals surface area contributed by atoms with Crippen LogP contribution in [-0.2, 0) is 4.79 Å². The zero-order chi connectivity index (χ0) is 16.9. The molecule has 3 aromatic rings. The highest BCUT2D eigenvalue weighted by Crippen LogP contribution is 2.26. The molecule has 0 spiro atoms. The Morgan fingerprint density at radius 3 is 2.83 bits per heavy atom. The van der Waals surface area contributed by atoms with Gasteiger partial charge < -0.3 is 10.3 Å². The Morgan fingerprint density at radius 1 is 1.29 bits per heavy atom. The summed E-state index contributed by atoms with van der Waals surface area (Å²) in [5.74, 6) is -0.194. The van der Waals surface area contributed by atoms with Crippen LogP contribution in [0, 0.1) is 0 Å². The summed E-state index contributed by atoms with van der Waals surface area (Å²) in [6.07, 6.45) is 1.42. The van der Waals surface area contributed by atoms with Gasteiger partial charge in [-0.25, -0.2) is 9.97 Å². The molecule has 0 aliphatic rings. The zero-order valence-electron chi connectivity index (χ0n) is 12.7. The van der Waals surface area contributed by atoms with Gasteiger partial charge in [0.05, 0.1) is 10.9 Å². The molecule has 0 fully saturated rings. The van der Waals surface area contributed by atoms with E-state index in [1.54, 1.807) is 6.92 Å². The molecule has 0 radical (unpaired) electrons. The fraction of sp³-hybridized carbons (Fsp3) is 0.125. The molecule has 0 saturated carbocycles. The lowest BCUT2D eigenvalue weighted by atomic mass is 10.2. The predicted octanol–water partition coefficient (Wildman–Crippen LogP) is 3.01. The van der Waals surface area contributed by atoms with Gasteiger partial charge in [-0.2, -0.15) is 0 Å². The van der Waals surface area contributed by atoms with E-state index in [9.17, 15) is 9.59 Å². The molecule has 3 rings (SSSR count). The second kappa shape index (κ2) is 7.41. The number of rotatable bonds is 5. The Labute approximate surface area is 146 Å². The van der Waals surface area contributed by atoms with Crippen LogP contribution in [-0.4, -0.2) is 26.1 Å². The number of thioether (sulfide) groups is 1. The summed E-state index contributed by atoms with van der Waals surface area (Å²) < 4.78 is 0. The molecule has 1 amide bonds. The van der Waals surface area contributed by atoms with Crippen molar-refractivity contribution in [2.45, 2.75) is 17.3 Å². The quantitative estimate of drug-likeness (QED) is 0.541. The van der Waals surface area contributed by atoms with Crippen molar-refractivity contribution < 1.29 is 4.79 Å². The van der Waals surface area contributed by atoms with E-state index in [0.29, 0.717) is 10.3 Å². The van der Waals surface area contributed by atoms with Gasteiger partial charge in [0.1, 0.15) is 0 Å². The molecule has 1 aromatic carbocycles. The highest BCUT2D eigenvalue weighted by atomic mass is 32.2. The molecule has 0 aliphatic heterocycles. The fourth-order valence-electron chi connectivity index (χ4n) is 1.91. The van der Waals surface area contributed by atoms with Crippen LogP contribution in [0.3, 0.4) is 0 Å². The van der Waals surface area contributed by atoms with Gasteiger partial charge in [0.2, 0.25) is 5.91 Å². The van der Waals surface area contributed by atoms with E-state index >= 15 is 0 Å². The van der Waals surface area contributed by atoms with Gasteiger partial charge in [-0.05, 0) is 6.92 Å². The van der Waals surface area contributed by atoms with Crippen molar-refractivity contribution in [2.75, 3.05) is 5.32 Å². The summed E-state index contributed by atoms with van der Waals surface area (Å²) in [5, 5.41) is 5.23. The normalized spacial score (nSPS) is 11.9. The lowest BCUT2D eigenvalue weighted by molar-refractivity contribution is -0.115. The van der Waals surface area contributed by atoms with Crippen LogP contribution < -0.4 is 10.9 Å². The first-order chi connectivity index (χ1) is 11.6. The number of thiazole rings is 1. The first kappa shape index (κ1) is 16.4. The number of carbonyl (C=O) groups excluding carboxylic acids is 1. The van der Waals surface area contributed by atoms with Crippen molar-refractivity contribution in [3.63, 3.8) is 0 Å². The van der Waals surface area contributed by atoms with E-state index in [1.807, 2.05) is 35.7 Å². The molecule has 0 bridgehead atoms. The Balaban J connectivity index is 1.64. The number of carbonyl (C=O) groups is 1. The molecule has 24 heavy (non-hydrogen) atoms. The van der Waals surface area contributed by atoms with Gasteiger partial charge >= 0.3 is 0 Å². The third kappa shape index (κ3) is 4.09. The average molecular weight is 358 g/mol. The summed E-state index contributed by atoms with van der Waals surface area (Å²) in [6, 6.07) is 11.1. The molecule has 2 heterocycles. The van der Waals surface area contributed by atoms with Crippen LogP contribution in [0.25, 0.3) is 11.3 Å². The Bertz CT molecular complexity index is 892. The average Bonchev–Trinajstić information content (AvgIpc) is 3.04. The number of benzene rings is 1. The maximum Gasteiger partial charge on any atom is 0.251 e. The van der Waals surface area contributed by atoms with Gasteiger partial charge in [-0.15, -0.1) is 11.3 Å². The van der Waals surface area contributed by atoms with Crippen molar-refractivity contribution in [1.82, 2.24) is 15.0 Å². The van der Waals surface area contributed by atoms with Crippen LogP contribution in [0.1, 0.15) is 6.92 Å². The Morgan fingerprint density at radius 2 is 2.08 bits per heavy atom. The van der Waals surface area contributed by atoms with E-state index in [4.69, 9.17) is 0 Å². The molecule has 2 aromatic heterocycles. The predicted molar refractivity (Wildman–Crippen MR) is 96.4 cm³/mol. The monoisotopic (exact) mass is 358 g/mol. The molecule has 0 saturated heterocycles. The molecular formula is C16H14N4O2S2. The molecule has 1 atom stereocenters. The molecule has 0 aliphatic carbocycles. The van der Waals surface area contributed by atoms with Crippen LogP contribution in [0.4, 0.5) is 5.13 Å². The minimum Gasteiger partial charge on any atom is -0.301 e. The summed E-state index contributed by atoms with van der Waals surface area (Å²) in [7, 11) is 0. The van der Waals surface area contributed by atoms with Gasteiger partial charge in [-0.3, -0.25) is 9.59 Å². The Hall–Kier alpha value is -2.45. The van der Waals surface area contributed by atoms with Crippen LogP contribution >= 0.6 is 23.1 Å². The molecule has 8 heteroatoms. The van der Waals surface area contributed by atoms with Crippen molar-refractivity contribution in [3.05, 3.63) is 58.3 Å². The third-order valence-corrected chi connectivity index (χ3v) is 4.87. The van der Waals surface area contributed by atoms with E-state index in [1.165, 1.54) is 35.4 Å². The first-order valence-corrected chi connectivity index (χ1v) is 8.91. The molecular weight excluding hydrogens is 344 g/mol. The van der Waals surface area contributed by atoms with E-state index in [-0.39, 0.29) is 11.5 Å². The van der Waals surface area contributed by atoms with Crippen LogP contribution in [0.2, 0.25) is 0 Å². The van der Waals surface area contributed by atoms with Crippen molar-refractivity contribution in [3.8, 4) is 11.3 Å². The number of amides is 1. The fourth-order valence-corrected chi connectivity index (χ4v) is 3.42. The lowest BCUT2D eigenvalue weighted by Gasteiger charge is -2.09. The third-order valence-electron chi connectivity index (χ3n) is 3.11. The summed E-state index contributed by atoms with van der Waals surface area (Å²) in [4.78, 5) is 34.6. The van der Waals surface area contributed by atoms with Gasteiger partial charge in [-0.1, -0.05) is 42.1 Å². The number of hydrogen-bond donors (Lipinski definition) is 2. The van der Waals surface area contributed by atoms with Gasteiger partial charge in [0.25, 0.3) is 5.56 Å². The highest BCUT2D eigenvalue weighted by molar-refractivity contribution is 8.00. The summed E-state index contributed by atoms with van der Waals surface area (Å²) in [6.45, 7) is 1.75. The number of anilines is 1. The minimum atomic E-state index is -0.417. The van der Waals surface area contributed by atoms with Crippen LogP contribution in [0.15, 0.2) is 57.9 Å².